The summed E-state index contributed by atoms with van der Waals surface area (Å²) in [6.45, 7) is 0.367. The first-order chi connectivity index (χ1) is 10.9. The molecule has 0 saturated heterocycles. The van der Waals surface area contributed by atoms with Crippen molar-refractivity contribution >= 4 is 12.2 Å². The van der Waals surface area contributed by atoms with Crippen molar-refractivity contribution in [2.24, 2.45) is 0 Å². The van der Waals surface area contributed by atoms with Crippen LogP contribution in [0.15, 0.2) is 67.1 Å². The lowest BCUT2D eigenvalue weighted by Gasteiger charge is -2.06. The Labute approximate surface area is 129 Å². The second-order valence-corrected chi connectivity index (χ2v) is 4.60. The minimum atomic E-state index is 0.367. The molecule has 0 saturated carbocycles. The van der Waals surface area contributed by atoms with E-state index in [4.69, 9.17) is 4.74 Å². The summed E-state index contributed by atoms with van der Waals surface area (Å²) in [7, 11) is 0. The van der Waals surface area contributed by atoms with Crippen LogP contribution in [0.2, 0.25) is 0 Å². The second-order valence-electron chi connectivity index (χ2n) is 4.60. The van der Waals surface area contributed by atoms with E-state index >= 15 is 0 Å². The third kappa shape index (κ3) is 3.76. The molecule has 0 aliphatic carbocycles. The van der Waals surface area contributed by atoms with Crippen molar-refractivity contribution in [1.29, 1.82) is 0 Å². The van der Waals surface area contributed by atoms with Crippen molar-refractivity contribution in [3.63, 3.8) is 0 Å². The number of pyridine rings is 1. The predicted molar refractivity (Wildman–Crippen MR) is 86.0 cm³/mol. The predicted octanol–water partition coefficient (Wildman–Crippen LogP) is 3.62. The summed E-state index contributed by atoms with van der Waals surface area (Å²) in [4.78, 5) is 12.8. The van der Waals surface area contributed by atoms with Gasteiger partial charge >= 0.3 is 0 Å². The van der Waals surface area contributed by atoms with Gasteiger partial charge in [-0.15, -0.1) is 0 Å². The van der Waals surface area contributed by atoms with E-state index in [1.165, 1.54) is 0 Å². The molecule has 0 aliphatic heterocycles. The summed E-state index contributed by atoms with van der Waals surface area (Å²) in [5.74, 6) is 0.500. The summed E-state index contributed by atoms with van der Waals surface area (Å²) in [6.07, 6.45) is 8.89. The van der Waals surface area contributed by atoms with Crippen LogP contribution in [-0.2, 0) is 6.61 Å². The highest BCUT2D eigenvalue weighted by Crippen LogP contribution is 2.16. The van der Waals surface area contributed by atoms with Crippen molar-refractivity contribution in [2.75, 3.05) is 0 Å². The zero-order chi connectivity index (χ0) is 15.0. The summed E-state index contributed by atoms with van der Waals surface area (Å²) in [5.41, 5.74) is 2.65. The minimum absolute atomic E-state index is 0.367. The second kappa shape index (κ2) is 7.13. The molecule has 0 unspecified atom stereocenters. The third-order valence-corrected chi connectivity index (χ3v) is 3.01. The van der Waals surface area contributed by atoms with Crippen molar-refractivity contribution in [3.05, 3.63) is 84.1 Å². The van der Waals surface area contributed by atoms with Crippen LogP contribution in [0.25, 0.3) is 12.2 Å². The van der Waals surface area contributed by atoms with Gasteiger partial charge < -0.3 is 4.74 Å². The van der Waals surface area contributed by atoms with Crippen LogP contribution < -0.4 is 4.74 Å². The number of aromatic nitrogens is 3. The number of nitrogens with zero attached hydrogens (tertiary/aromatic N) is 3. The number of hydrogen-bond donors (Lipinski definition) is 0. The van der Waals surface area contributed by atoms with Crippen molar-refractivity contribution in [2.45, 2.75) is 6.61 Å². The van der Waals surface area contributed by atoms with Gasteiger partial charge in [0.2, 0.25) is 5.88 Å². The molecule has 22 heavy (non-hydrogen) atoms. The standard InChI is InChI=1S/C18H15N3O/c1-2-6-15(7-3-1)9-10-17-18(21-13-12-20-17)22-14-16-8-4-5-11-19-16/h1-13H,14H2/b10-9+. The van der Waals surface area contributed by atoms with E-state index in [9.17, 15) is 0 Å². The molecule has 0 fully saturated rings. The van der Waals surface area contributed by atoms with Gasteiger partial charge in [-0.05, 0) is 23.8 Å². The summed E-state index contributed by atoms with van der Waals surface area (Å²) < 4.78 is 5.72. The van der Waals surface area contributed by atoms with Crippen LogP contribution in [0.4, 0.5) is 0 Å². The average molecular weight is 289 g/mol. The van der Waals surface area contributed by atoms with Gasteiger partial charge in [0.1, 0.15) is 12.3 Å². The first kappa shape index (κ1) is 13.9. The van der Waals surface area contributed by atoms with Gasteiger partial charge in [-0.1, -0.05) is 42.5 Å². The van der Waals surface area contributed by atoms with Crippen molar-refractivity contribution in [3.8, 4) is 5.88 Å². The molecule has 0 amide bonds. The highest BCUT2D eigenvalue weighted by Gasteiger charge is 2.04. The summed E-state index contributed by atoms with van der Waals surface area (Å²) in [6, 6.07) is 15.8. The van der Waals surface area contributed by atoms with Crippen LogP contribution in [0, 0.1) is 0 Å². The largest absolute Gasteiger partial charge is 0.470 e. The Morgan fingerprint density at radius 1 is 0.773 bits per heavy atom. The highest BCUT2D eigenvalue weighted by atomic mass is 16.5. The molecule has 108 valence electrons. The summed E-state index contributed by atoms with van der Waals surface area (Å²) in [5, 5.41) is 0. The normalized spacial score (nSPS) is 10.7. The lowest BCUT2D eigenvalue weighted by atomic mass is 10.2. The Bertz CT molecular complexity index is 743. The quantitative estimate of drug-likeness (QED) is 0.719. The van der Waals surface area contributed by atoms with Gasteiger partial charge in [0.15, 0.2) is 0 Å². The molecule has 0 bridgehead atoms. The molecule has 0 aliphatic rings. The Morgan fingerprint density at radius 3 is 2.41 bits per heavy atom. The Kier molecular flexibility index (Phi) is 4.52. The van der Waals surface area contributed by atoms with E-state index in [1.54, 1.807) is 18.6 Å². The fourth-order valence-corrected chi connectivity index (χ4v) is 1.93. The third-order valence-electron chi connectivity index (χ3n) is 3.01. The van der Waals surface area contributed by atoms with Gasteiger partial charge in [-0.25, -0.2) is 9.97 Å². The fourth-order valence-electron chi connectivity index (χ4n) is 1.93. The number of benzene rings is 1. The van der Waals surface area contributed by atoms with E-state index in [0.717, 1.165) is 11.3 Å². The molecule has 4 nitrogen and oxygen atoms in total. The molecule has 3 rings (SSSR count). The zero-order valence-electron chi connectivity index (χ0n) is 12.0. The Hall–Kier alpha value is -3.01. The molecule has 0 atom stereocenters. The molecule has 1 aromatic carbocycles. The molecule has 3 aromatic rings. The van der Waals surface area contributed by atoms with Crippen LogP contribution in [-0.4, -0.2) is 15.0 Å². The SMILES string of the molecule is C(=C\c1nccnc1OCc1ccccn1)/c1ccccc1. The van der Waals surface area contributed by atoms with E-state index in [-0.39, 0.29) is 0 Å². The minimum Gasteiger partial charge on any atom is -0.470 e. The molecule has 0 spiro atoms. The first-order valence-electron chi connectivity index (χ1n) is 6.99. The van der Waals surface area contributed by atoms with E-state index < -0.39 is 0 Å². The van der Waals surface area contributed by atoms with Gasteiger partial charge in [0.25, 0.3) is 0 Å². The Morgan fingerprint density at radius 2 is 1.59 bits per heavy atom. The Balaban J connectivity index is 1.74. The van der Waals surface area contributed by atoms with Gasteiger partial charge in [0.05, 0.1) is 5.69 Å². The first-order valence-corrected chi connectivity index (χ1v) is 6.99. The van der Waals surface area contributed by atoms with Gasteiger partial charge in [0, 0.05) is 18.6 Å². The zero-order valence-corrected chi connectivity index (χ0v) is 12.0. The summed E-state index contributed by atoms with van der Waals surface area (Å²) >= 11 is 0. The van der Waals surface area contributed by atoms with Crippen molar-refractivity contribution in [1.82, 2.24) is 15.0 Å². The average Bonchev–Trinajstić information content (AvgIpc) is 2.61. The van der Waals surface area contributed by atoms with Crippen molar-refractivity contribution < 1.29 is 4.74 Å². The monoisotopic (exact) mass is 289 g/mol. The van der Waals surface area contributed by atoms with E-state index in [0.29, 0.717) is 18.2 Å². The maximum atomic E-state index is 5.72. The molecular formula is C18H15N3O. The van der Waals surface area contributed by atoms with Gasteiger partial charge in [-0.2, -0.15) is 0 Å². The number of ether oxygens (including phenoxy) is 1. The van der Waals surface area contributed by atoms with Crippen LogP contribution in [0.3, 0.4) is 0 Å². The molecule has 4 heteroatoms. The van der Waals surface area contributed by atoms with Crippen LogP contribution in [0.1, 0.15) is 17.0 Å². The number of rotatable bonds is 5. The highest BCUT2D eigenvalue weighted by molar-refractivity contribution is 5.69. The smallest absolute Gasteiger partial charge is 0.240 e. The van der Waals surface area contributed by atoms with E-state index in [2.05, 4.69) is 15.0 Å². The van der Waals surface area contributed by atoms with Crippen LogP contribution >= 0.6 is 0 Å². The fraction of sp³-hybridized carbons (Fsp3) is 0.0556. The molecule has 0 radical (unpaired) electrons. The molecule has 0 N–H and O–H groups in total. The lowest BCUT2D eigenvalue weighted by molar-refractivity contribution is 0.287. The maximum absolute atomic E-state index is 5.72. The van der Waals surface area contributed by atoms with Gasteiger partial charge in [-0.3, -0.25) is 4.98 Å². The molecule has 2 aromatic heterocycles. The topological polar surface area (TPSA) is 47.9 Å². The maximum Gasteiger partial charge on any atom is 0.240 e. The lowest BCUT2D eigenvalue weighted by Crippen LogP contribution is -2.01. The molecule has 2 heterocycles. The van der Waals surface area contributed by atoms with Crippen LogP contribution in [0.5, 0.6) is 5.88 Å². The molecular weight excluding hydrogens is 274 g/mol. The number of hydrogen-bond acceptors (Lipinski definition) is 4. The van der Waals surface area contributed by atoms with E-state index in [1.807, 2.05) is 60.7 Å².